The molecule has 0 aliphatic carbocycles. The molecule has 22 heavy (non-hydrogen) atoms. The molecule has 2 heterocycles. The van der Waals surface area contributed by atoms with Crippen LogP contribution in [0, 0.1) is 5.92 Å². The predicted octanol–water partition coefficient (Wildman–Crippen LogP) is 1.36. The van der Waals surface area contributed by atoms with Crippen molar-refractivity contribution in [2.24, 2.45) is 5.92 Å². The molecule has 3 rings (SSSR count). The lowest BCUT2D eigenvalue weighted by molar-refractivity contribution is -0.134. The number of likely N-dealkylation sites (tertiary alicyclic amines) is 1. The molecule has 6 heteroatoms. The Morgan fingerprint density at radius 2 is 1.82 bits per heavy atom. The van der Waals surface area contributed by atoms with Crippen LogP contribution in [-0.2, 0) is 4.79 Å². The molecule has 2 aliphatic rings. The molecule has 0 bridgehead atoms. The van der Waals surface area contributed by atoms with Crippen LogP contribution in [0.4, 0.5) is 0 Å². The van der Waals surface area contributed by atoms with Gasteiger partial charge in [0.2, 0.25) is 12.7 Å². The second kappa shape index (κ2) is 5.87. The Morgan fingerprint density at radius 1 is 1.14 bits per heavy atom. The second-order valence-corrected chi connectivity index (χ2v) is 5.87. The van der Waals surface area contributed by atoms with E-state index in [1.807, 2.05) is 0 Å². The van der Waals surface area contributed by atoms with E-state index in [-0.39, 0.29) is 24.5 Å². The Kier molecular flexibility index (Phi) is 3.92. The van der Waals surface area contributed by atoms with Gasteiger partial charge in [0, 0.05) is 38.7 Å². The number of nitrogens with zero attached hydrogens (tertiary/aromatic N) is 2. The average molecular weight is 304 g/mol. The fourth-order valence-corrected chi connectivity index (χ4v) is 2.91. The molecule has 0 saturated carbocycles. The van der Waals surface area contributed by atoms with E-state index in [2.05, 4.69) is 0 Å². The van der Waals surface area contributed by atoms with Crippen LogP contribution >= 0.6 is 0 Å². The maximum atomic E-state index is 12.5. The molecule has 1 saturated heterocycles. The summed E-state index contributed by atoms with van der Waals surface area (Å²) in [6.07, 6.45) is 1.43. The van der Waals surface area contributed by atoms with E-state index in [1.54, 1.807) is 42.1 Å². The van der Waals surface area contributed by atoms with Gasteiger partial charge in [0.05, 0.1) is 0 Å². The molecule has 0 radical (unpaired) electrons. The van der Waals surface area contributed by atoms with Crippen molar-refractivity contribution < 1.29 is 19.1 Å². The van der Waals surface area contributed by atoms with Crippen LogP contribution in [-0.4, -0.2) is 55.6 Å². The summed E-state index contributed by atoms with van der Waals surface area (Å²) in [7, 11) is 3.54. The smallest absolute Gasteiger partial charge is 0.253 e. The maximum absolute atomic E-state index is 12.5. The molecule has 1 fully saturated rings. The van der Waals surface area contributed by atoms with E-state index < -0.39 is 0 Å². The molecule has 1 aromatic carbocycles. The third-order valence-electron chi connectivity index (χ3n) is 4.19. The van der Waals surface area contributed by atoms with Crippen LogP contribution in [0.15, 0.2) is 18.2 Å². The largest absolute Gasteiger partial charge is 0.454 e. The number of benzene rings is 1. The van der Waals surface area contributed by atoms with Crippen molar-refractivity contribution in [3.63, 3.8) is 0 Å². The van der Waals surface area contributed by atoms with Crippen LogP contribution < -0.4 is 9.47 Å². The molecule has 0 unspecified atom stereocenters. The summed E-state index contributed by atoms with van der Waals surface area (Å²) in [5, 5.41) is 0. The van der Waals surface area contributed by atoms with Crippen molar-refractivity contribution in [3.8, 4) is 11.5 Å². The first-order valence-electron chi connectivity index (χ1n) is 7.46. The van der Waals surface area contributed by atoms with Gasteiger partial charge >= 0.3 is 0 Å². The highest BCUT2D eigenvalue weighted by atomic mass is 16.7. The number of carbonyl (C=O) groups is 2. The molecule has 6 nitrogen and oxygen atoms in total. The highest BCUT2D eigenvalue weighted by molar-refractivity contribution is 5.95. The number of rotatable bonds is 2. The monoisotopic (exact) mass is 304 g/mol. The summed E-state index contributed by atoms with van der Waals surface area (Å²) in [5.41, 5.74) is 0.599. The zero-order valence-corrected chi connectivity index (χ0v) is 12.9. The molecule has 2 amide bonds. The van der Waals surface area contributed by atoms with Crippen LogP contribution in [0.3, 0.4) is 0 Å². The number of amides is 2. The molecule has 118 valence electrons. The van der Waals surface area contributed by atoms with Gasteiger partial charge in [-0.1, -0.05) is 0 Å². The summed E-state index contributed by atoms with van der Waals surface area (Å²) in [6.45, 7) is 1.42. The molecule has 0 spiro atoms. The fourth-order valence-electron chi connectivity index (χ4n) is 2.91. The lowest BCUT2D eigenvalue weighted by Gasteiger charge is -2.32. The normalized spacial score (nSPS) is 17.5. The highest BCUT2D eigenvalue weighted by Crippen LogP contribution is 2.33. The van der Waals surface area contributed by atoms with E-state index in [0.29, 0.717) is 43.0 Å². The predicted molar refractivity (Wildman–Crippen MR) is 79.9 cm³/mol. The highest BCUT2D eigenvalue weighted by Gasteiger charge is 2.29. The number of carbonyl (C=O) groups excluding carboxylic acids is 2. The number of fused-ring (bicyclic) bond motifs is 1. The first kappa shape index (κ1) is 14.7. The third-order valence-corrected chi connectivity index (χ3v) is 4.19. The van der Waals surface area contributed by atoms with E-state index in [9.17, 15) is 9.59 Å². The number of hydrogen-bond acceptors (Lipinski definition) is 4. The minimum atomic E-state index is -0.0194. The van der Waals surface area contributed by atoms with Gasteiger partial charge in [0.25, 0.3) is 5.91 Å². The molecule has 0 aromatic heterocycles. The zero-order chi connectivity index (χ0) is 15.7. The molecular weight excluding hydrogens is 284 g/mol. The molecule has 2 aliphatic heterocycles. The summed E-state index contributed by atoms with van der Waals surface area (Å²) in [4.78, 5) is 27.9. The Labute approximate surface area is 129 Å². The second-order valence-electron chi connectivity index (χ2n) is 5.87. The standard InChI is InChI=1S/C16H20N2O4/c1-17(2)15(19)11-5-7-18(8-6-11)16(20)12-3-4-13-14(9-12)22-10-21-13/h3-4,9,11H,5-8,10H2,1-2H3. The Bertz CT molecular complexity index is 592. The minimum Gasteiger partial charge on any atom is -0.454 e. The summed E-state index contributed by atoms with van der Waals surface area (Å²) >= 11 is 0. The van der Waals surface area contributed by atoms with Gasteiger partial charge in [-0.25, -0.2) is 0 Å². The topological polar surface area (TPSA) is 59.1 Å². The van der Waals surface area contributed by atoms with Gasteiger partial charge < -0.3 is 19.3 Å². The van der Waals surface area contributed by atoms with Crippen molar-refractivity contribution >= 4 is 11.8 Å². The van der Waals surface area contributed by atoms with Crippen molar-refractivity contribution in [1.29, 1.82) is 0 Å². The first-order valence-corrected chi connectivity index (χ1v) is 7.46. The van der Waals surface area contributed by atoms with Gasteiger partial charge in [-0.15, -0.1) is 0 Å². The van der Waals surface area contributed by atoms with Gasteiger partial charge in [-0.05, 0) is 31.0 Å². The first-order chi connectivity index (χ1) is 10.6. The van der Waals surface area contributed by atoms with E-state index in [1.165, 1.54) is 0 Å². The van der Waals surface area contributed by atoms with Crippen LogP contribution in [0.25, 0.3) is 0 Å². The van der Waals surface area contributed by atoms with E-state index in [0.717, 1.165) is 0 Å². The SMILES string of the molecule is CN(C)C(=O)C1CCN(C(=O)c2ccc3c(c2)OCO3)CC1. The Hall–Kier alpha value is -2.24. The van der Waals surface area contributed by atoms with Crippen LogP contribution in [0.5, 0.6) is 11.5 Å². The van der Waals surface area contributed by atoms with Crippen LogP contribution in [0.2, 0.25) is 0 Å². The zero-order valence-electron chi connectivity index (χ0n) is 12.9. The van der Waals surface area contributed by atoms with Crippen molar-refractivity contribution in [1.82, 2.24) is 9.80 Å². The molecule has 0 N–H and O–H groups in total. The van der Waals surface area contributed by atoms with Crippen molar-refractivity contribution in [2.45, 2.75) is 12.8 Å². The quantitative estimate of drug-likeness (QED) is 0.827. The summed E-state index contributed by atoms with van der Waals surface area (Å²) in [5.74, 6) is 1.44. The summed E-state index contributed by atoms with van der Waals surface area (Å²) in [6, 6.07) is 5.24. The van der Waals surface area contributed by atoms with Gasteiger partial charge in [0.1, 0.15) is 0 Å². The Morgan fingerprint density at radius 3 is 2.50 bits per heavy atom. The number of piperidine rings is 1. The van der Waals surface area contributed by atoms with Crippen LogP contribution in [0.1, 0.15) is 23.2 Å². The van der Waals surface area contributed by atoms with E-state index in [4.69, 9.17) is 9.47 Å². The third kappa shape index (κ3) is 2.73. The Balaban J connectivity index is 1.64. The lowest BCUT2D eigenvalue weighted by atomic mass is 9.95. The van der Waals surface area contributed by atoms with Gasteiger partial charge in [-0.2, -0.15) is 0 Å². The van der Waals surface area contributed by atoms with Crippen molar-refractivity contribution in [3.05, 3.63) is 23.8 Å². The molecular formula is C16H20N2O4. The van der Waals surface area contributed by atoms with E-state index >= 15 is 0 Å². The lowest BCUT2D eigenvalue weighted by Crippen LogP contribution is -2.42. The van der Waals surface area contributed by atoms with Crippen molar-refractivity contribution in [2.75, 3.05) is 34.0 Å². The average Bonchev–Trinajstić information content (AvgIpc) is 3.01. The van der Waals surface area contributed by atoms with Gasteiger partial charge in [-0.3, -0.25) is 9.59 Å². The molecule has 1 aromatic rings. The fraction of sp³-hybridized carbons (Fsp3) is 0.500. The number of ether oxygens (including phenoxy) is 2. The minimum absolute atomic E-state index is 0.0194. The molecule has 0 atom stereocenters. The van der Waals surface area contributed by atoms with Gasteiger partial charge in [0.15, 0.2) is 11.5 Å². The number of hydrogen-bond donors (Lipinski definition) is 0. The maximum Gasteiger partial charge on any atom is 0.253 e. The summed E-state index contributed by atoms with van der Waals surface area (Å²) < 4.78 is 10.6.